The van der Waals surface area contributed by atoms with Crippen LogP contribution in [0.15, 0.2) is 48.7 Å². The van der Waals surface area contributed by atoms with E-state index in [1.807, 2.05) is 40.8 Å². The van der Waals surface area contributed by atoms with Gasteiger partial charge in [-0.2, -0.15) is 5.10 Å². The molecule has 4 rings (SSSR count). The van der Waals surface area contributed by atoms with E-state index in [0.29, 0.717) is 13.2 Å². The van der Waals surface area contributed by atoms with Gasteiger partial charge in [0.05, 0.1) is 11.9 Å². The minimum absolute atomic E-state index is 0.0262. The molecule has 0 N–H and O–H groups in total. The Morgan fingerprint density at radius 1 is 1.18 bits per heavy atom. The van der Waals surface area contributed by atoms with E-state index in [0.717, 1.165) is 40.2 Å². The van der Waals surface area contributed by atoms with E-state index in [1.54, 1.807) is 6.20 Å². The van der Waals surface area contributed by atoms with Gasteiger partial charge in [-0.1, -0.05) is 30.7 Å². The molecule has 1 aliphatic heterocycles. The van der Waals surface area contributed by atoms with Crippen molar-refractivity contribution in [2.45, 2.75) is 40.3 Å². The first-order valence-electron chi connectivity index (χ1n) is 9.78. The first-order valence-corrected chi connectivity index (χ1v) is 9.78. The molecule has 0 radical (unpaired) electrons. The number of carbonyl (C=O) groups excluding carboxylic acids is 1. The zero-order valence-electron chi connectivity index (χ0n) is 16.6. The van der Waals surface area contributed by atoms with Crippen LogP contribution < -0.4 is 9.64 Å². The van der Waals surface area contributed by atoms with Crippen LogP contribution in [0, 0.1) is 6.92 Å². The fourth-order valence-electron chi connectivity index (χ4n) is 3.70. The van der Waals surface area contributed by atoms with E-state index in [1.165, 1.54) is 5.56 Å². The number of hydrogen-bond donors (Lipinski definition) is 0. The molecule has 5 heteroatoms. The fraction of sp³-hybridized carbons (Fsp3) is 0.304. The number of nitrogens with zero attached hydrogens (tertiary/aromatic N) is 3. The molecule has 3 aromatic rings. The first-order chi connectivity index (χ1) is 13.6. The van der Waals surface area contributed by atoms with Gasteiger partial charge in [-0.3, -0.25) is 9.48 Å². The van der Waals surface area contributed by atoms with E-state index in [9.17, 15) is 4.79 Å². The lowest BCUT2D eigenvalue weighted by Gasteiger charge is -2.23. The number of hydrogen-bond acceptors (Lipinski definition) is 3. The highest BCUT2D eigenvalue weighted by Gasteiger charge is 2.24. The molecular weight excluding hydrogens is 350 g/mol. The fourth-order valence-corrected chi connectivity index (χ4v) is 3.70. The van der Waals surface area contributed by atoms with Crippen molar-refractivity contribution in [3.05, 3.63) is 65.4 Å². The lowest BCUT2D eigenvalue weighted by atomic mass is 10.0. The predicted molar refractivity (Wildman–Crippen MR) is 111 cm³/mol. The van der Waals surface area contributed by atoms with Gasteiger partial charge >= 0.3 is 0 Å². The quantitative estimate of drug-likeness (QED) is 0.665. The molecule has 144 valence electrons. The number of ether oxygens (including phenoxy) is 1. The highest BCUT2D eigenvalue weighted by Crippen LogP contribution is 2.38. The summed E-state index contributed by atoms with van der Waals surface area (Å²) in [4.78, 5) is 14.9. The average Bonchev–Trinajstić information content (AvgIpc) is 3.12. The number of carbonyl (C=O) groups is 1. The SMILES string of the molecule is CCc1ccc(N(CC)C(=O)Cn2ncc3c2-c2cc(C)ccc2OC3)cc1. The summed E-state index contributed by atoms with van der Waals surface area (Å²) < 4.78 is 7.64. The van der Waals surface area contributed by atoms with Crippen molar-refractivity contribution in [3.63, 3.8) is 0 Å². The van der Waals surface area contributed by atoms with Gasteiger partial charge in [0, 0.05) is 23.4 Å². The van der Waals surface area contributed by atoms with Gasteiger partial charge in [0.25, 0.3) is 0 Å². The number of rotatable bonds is 5. The Morgan fingerprint density at radius 3 is 2.68 bits per heavy atom. The van der Waals surface area contributed by atoms with Crippen LogP contribution in [0.25, 0.3) is 11.3 Å². The van der Waals surface area contributed by atoms with Crippen LogP contribution in [0.2, 0.25) is 0 Å². The summed E-state index contributed by atoms with van der Waals surface area (Å²) in [5.41, 5.74) is 6.34. The maximum atomic E-state index is 13.1. The third kappa shape index (κ3) is 3.28. The Balaban J connectivity index is 1.63. The summed E-state index contributed by atoms with van der Waals surface area (Å²) in [5.74, 6) is 0.869. The summed E-state index contributed by atoms with van der Waals surface area (Å²) >= 11 is 0. The molecule has 5 nitrogen and oxygen atoms in total. The zero-order valence-corrected chi connectivity index (χ0v) is 16.6. The smallest absolute Gasteiger partial charge is 0.248 e. The van der Waals surface area contributed by atoms with E-state index in [2.05, 4.69) is 37.1 Å². The van der Waals surface area contributed by atoms with Crippen LogP contribution in [-0.2, 0) is 24.4 Å². The summed E-state index contributed by atoms with van der Waals surface area (Å²) in [7, 11) is 0. The zero-order chi connectivity index (χ0) is 19.7. The van der Waals surface area contributed by atoms with Gasteiger partial charge in [-0.05, 0) is 50.1 Å². The van der Waals surface area contributed by atoms with Gasteiger partial charge in [0.1, 0.15) is 18.9 Å². The number of aromatic nitrogens is 2. The van der Waals surface area contributed by atoms with Gasteiger partial charge < -0.3 is 9.64 Å². The number of fused-ring (bicyclic) bond motifs is 3. The number of amides is 1. The normalized spacial score (nSPS) is 12.1. The molecule has 0 saturated heterocycles. The van der Waals surface area contributed by atoms with Gasteiger partial charge in [-0.25, -0.2) is 0 Å². The second kappa shape index (κ2) is 7.50. The summed E-state index contributed by atoms with van der Waals surface area (Å²) in [5, 5.41) is 4.49. The second-order valence-electron chi connectivity index (χ2n) is 7.12. The van der Waals surface area contributed by atoms with E-state index in [4.69, 9.17) is 4.74 Å². The molecule has 1 aliphatic rings. The maximum Gasteiger partial charge on any atom is 0.248 e. The minimum atomic E-state index is 0.0262. The summed E-state index contributed by atoms with van der Waals surface area (Å²) in [6.07, 6.45) is 2.79. The summed E-state index contributed by atoms with van der Waals surface area (Å²) in [6, 6.07) is 14.3. The Bertz CT molecular complexity index is 1010. The van der Waals surface area contributed by atoms with Crippen LogP contribution in [0.3, 0.4) is 0 Å². The van der Waals surface area contributed by atoms with Crippen LogP contribution in [-0.4, -0.2) is 22.2 Å². The molecule has 0 saturated carbocycles. The van der Waals surface area contributed by atoms with Crippen LogP contribution in [0.4, 0.5) is 5.69 Å². The molecule has 1 aromatic heterocycles. The van der Waals surface area contributed by atoms with Crippen molar-refractivity contribution in [1.82, 2.24) is 9.78 Å². The van der Waals surface area contributed by atoms with Crippen LogP contribution in [0.5, 0.6) is 5.75 Å². The maximum absolute atomic E-state index is 13.1. The standard InChI is InChI=1S/C23H25N3O2/c1-4-17-7-9-19(10-8-17)25(5-2)22(27)14-26-23-18(13-24-26)15-28-21-11-6-16(3)12-20(21)23/h6-13H,4-5,14-15H2,1-3H3. The molecule has 0 fully saturated rings. The van der Waals surface area contributed by atoms with Crippen molar-refractivity contribution in [2.24, 2.45) is 0 Å². The third-order valence-corrected chi connectivity index (χ3v) is 5.25. The highest BCUT2D eigenvalue weighted by atomic mass is 16.5. The monoisotopic (exact) mass is 375 g/mol. The molecule has 1 amide bonds. The molecule has 0 unspecified atom stereocenters. The topological polar surface area (TPSA) is 47.4 Å². The number of likely N-dealkylation sites (N-methyl/N-ethyl adjacent to an activating group) is 1. The van der Waals surface area contributed by atoms with Gasteiger partial charge in [-0.15, -0.1) is 0 Å². The molecular formula is C23H25N3O2. The van der Waals surface area contributed by atoms with Crippen molar-refractivity contribution < 1.29 is 9.53 Å². The van der Waals surface area contributed by atoms with Crippen molar-refractivity contribution in [3.8, 4) is 17.0 Å². The van der Waals surface area contributed by atoms with Gasteiger partial charge in [0.15, 0.2) is 0 Å². The minimum Gasteiger partial charge on any atom is -0.488 e. The Kier molecular flexibility index (Phi) is 4.90. The Hall–Kier alpha value is -3.08. The molecule has 0 aliphatic carbocycles. The highest BCUT2D eigenvalue weighted by molar-refractivity contribution is 5.93. The molecule has 0 atom stereocenters. The van der Waals surface area contributed by atoms with Crippen LogP contribution >= 0.6 is 0 Å². The number of aryl methyl sites for hydroxylation is 2. The summed E-state index contributed by atoms with van der Waals surface area (Å²) in [6.45, 7) is 7.48. The predicted octanol–water partition coefficient (Wildman–Crippen LogP) is 4.37. The molecule has 28 heavy (non-hydrogen) atoms. The largest absolute Gasteiger partial charge is 0.488 e. The molecule has 0 bridgehead atoms. The number of anilines is 1. The van der Waals surface area contributed by atoms with Crippen molar-refractivity contribution >= 4 is 11.6 Å². The lowest BCUT2D eigenvalue weighted by Crippen LogP contribution is -2.34. The molecule has 0 spiro atoms. The van der Waals surface area contributed by atoms with Crippen molar-refractivity contribution in [2.75, 3.05) is 11.4 Å². The lowest BCUT2D eigenvalue weighted by molar-refractivity contribution is -0.119. The Labute approximate surface area is 165 Å². The first kappa shape index (κ1) is 18.3. The van der Waals surface area contributed by atoms with Crippen LogP contribution in [0.1, 0.15) is 30.5 Å². The van der Waals surface area contributed by atoms with Gasteiger partial charge in [0.2, 0.25) is 5.91 Å². The average molecular weight is 375 g/mol. The third-order valence-electron chi connectivity index (χ3n) is 5.25. The van der Waals surface area contributed by atoms with E-state index in [-0.39, 0.29) is 12.5 Å². The second-order valence-corrected chi connectivity index (χ2v) is 7.12. The molecule has 2 heterocycles. The Morgan fingerprint density at radius 2 is 1.96 bits per heavy atom. The number of benzene rings is 2. The van der Waals surface area contributed by atoms with Crippen molar-refractivity contribution in [1.29, 1.82) is 0 Å². The molecule has 2 aromatic carbocycles. The van der Waals surface area contributed by atoms with E-state index < -0.39 is 0 Å². The van der Waals surface area contributed by atoms with E-state index >= 15 is 0 Å².